The number of rotatable bonds is 4. The first-order valence-corrected chi connectivity index (χ1v) is 7.05. The lowest BCUT2D eigenvalue weighted by molar-refractivity contribution is -0.142. The van der Waals surface area contributed by atoms with Crippen molar-refractivity contribution in [2.75, 3.05) is 24.3 Å². The maximum Gasteiger partial charge on any atom is 0.319 e. The second kappa shape index (κ2) is 6.47. The minimum Gasteiger partial charge on any atom is -0.481 e. The van der Waals surface area contributed by atoms with Gasteiger partial charge in [0.2, 0.25) is 0 Å². The first kappa shape index (κ1) is 15.2. The molecule has 2 atom stereocenters. The molecule has 1 aromatic rings. The number of carbonyl (C=O) groups is 2. The van der Waals surface area contributed by atoms with E-state index in [9.17, 15) is 9.59 Å². The van der Waals surface area contributed by atoms with E-state index in [1.807, 2.05) is 43.3 Å². The standard InChI is InChI=1S/C15H21N3O3/c1-18(2)13-9-4-3-7-12(13)17-15(21)16-11-8-5-6-10(11)14(19)20/h3-4,7,9-11H,5-6,8H2,1-2H3,(H,19,20)(H2,16,17,21). The van der Waals surface area contributed by atoms with Crippen molar-refractivity contribution >= 4 is 23.4 Å². The Morgan fingerprint density at radius 2 is 1.95 bits per heavy atom. The summed E-state index contributed by atoms with van der Waals surface area (Å²) in [5.41, 5.74) is 1.60. The fraction of sp³-hybridized carbons (Fsp3) is 0.467. The van der Waals surface area contributed by atoms with Crippen LogP contribution >= 0.6 is 0 Å². The van der Waals surface area contributed by atoms with Crippen LogP contribution in [0.3, 0.4) is 0 Å². The Morgan fingerprint density at radius 3 is 2.62 bits per heavy atom. The van der Waals surface area contributed by atoms with Crippen LogP contribution in [-0.2, 0) is 4.79 Å². The van der Waals surface area contributed by atoms with E-state index < -0.39 is 11.9 Å². The van der Waals surface area contributed by atoms with Gasteiger partial charge in [-0.1, -0.05) is 18.6 Å². The van der Waals surface area contributed by atoms with E-state index in [2.05, 4.69) is 10.6 Å². The van der Waals surface area contributed by atoms with Crippen molar-refractivity contribution in [2.45, 2.75) is 25.3 Å². The number of aliphatic carboxylic acids is 1. The van der Waals surface area contributed by atoms with Crippen LogP contribution in [0.2, 0.25) is 0 Å². The Kier molecular flexibility index (Phi) is 4.67. The predicted octanol–water partition coefficient (Wildman–Crippen LogP) is 2.13. The molecule has 21 heavy (non-hydrogen) atoms. The summed E-state index contributed by atoms with van der Waals surface area (Å²) < 4.78 is 0. The smallest absolute Gasteiger partial charge is 0.319 e. The largest absolute Gasteiger partial charge is 0.481 e. The molecule has 6 heteroatoms. The average molecular weight is 291 g/mol. The van der Waals surface area contributed by atoms with Crippen LogP contribution in [0.15, 0.2) is 24.3 Å². The molecule has 1 fully saturated rings. The summed E-state index contributed by atoms with van der Waals surface area (Å²) in [6, 6.07) is 6.81. The number of urea groups is 1. The lowest BCUT2D eigenvalue weighted by Gasteiger charge is -2.21. The van der Waals surface area contributed by atoms with Crippen molar-refractivity contribution in [1.82, 2.24) is 5.32 Å². The number of para-hydroxylation sites is 2. The van der Waals surface area contributed by atoms with E-state index in [0.717, 1.165) is 12.1 Å². The number of carboxylic acid groups (broad SMARTS) is 1. The highest BCUT2D eigenvalue weighted by atomic mass is 16.4. The zero-order chi connectivity index (χ0) is 15.4. The third-order valence-corrected chi connectivity index (χ3v) is 3.78. The van der Waals surface area contributed by atoms with Gasteiger partial charge in [-0.2, -0.15) is 0 Å². The molecule has 0 spiro atoms. The van der Waals surface area contributed by atoms with Crippen molar-refractivity contribution < 1.29 is 14.7 Å². The molecule has 1 aromatic carbocycles. The second-order valence-electron chi connectivity index (χ2n) is 5.49. The van der Waals surface area contributed by atoms with Crippen LogP contribution in [-0.4, -0.2) is 37.2 Å². The molecule has 2 amide bonds. The summed E-state index contributed by atoms with van der Waals surface area (Å²) in [5, 5.41) is 14.7. The van der Waals surface area contributed by atoms with Gasteiger partial charge in [-0.05, 0) is 25.0 Å². The van der Waals surface area contributed by atoms with Crippen molar-refractivity contribution in [3.8, 4) is 0 Å². The van der Waals surface area contributed by atoms with Gasteiger partial charge in [0.15, 0.2) is 0 Å². The number of benzene rings is 1. The Balaban J connectivity index is 2.01. The quantitative estimate of drug-likeness (QED) is 0.793. The molecule has 0 aromatic heterocycles. The topological polar surface area (TPSA) is 81.7 Å². The van der Waals surface area contributed by atoms with E-state index in [-0.39, 0.29) is 12.1 Å². The number of amides is 2. The Morgan fingerprint density at radius 1 is 1.24 bits per heavy atom. The number of carboxylic acids is 1. The first-order valence-electron chi connectivity index (χ1n) is 7.05. The number of nitrogens with one attached hydrogen (secondary N) is 2. The van der Waals surface area contributed by atoms with Crippen molar-refractivity contribution in [1.29, 1.82) is 0 Å². The van der Waals surface area contributed by atoms with Crippen LogP contribution in [0.1, 0.15) is 19.3 Å². The molecule has 0 bridgehead atoms. The Labute approximate surface area is 124 Å². The fourth-order valence-electron chi connectivity index (χ4n) is 2.72. The van der Waals surface area contributed by atoms with Gasteiger partial charge in [-0.25, -0.2) is 4.79 Å². The predicted molar refractivity (Wildman–Crippen MR) is 81.7 cm³/mol. The van der Waals surface area contributed by atoms with Crippen molar-refractivity contribution in [3.63, 3.8) is 0 Å². The molecule has 6 nitrogen and oxygen atoms in total. The van der Waals surface area contributed by atoms with Gasteiger partial charge < -0.3 is 20.6 Å². The third-order valence-electron chi connectivity index (χ3n) is 3.78. The molecule has 1 saturated carbocycles. The lowest BCUT2D eigenvalue weighted by Crippen LogP contribution is -2.42. The number of carbonyl (C=O) groups excluding carboxylic acids is 1. The number of anilines is 2. The highest BCUT2D eigenvalue weighted by Gasteiger charge is 2.33. The van der Waals surface area contributed by atoms with Gasteiger partial charge in [-0.3, -0.25) is 4.79 Å². The first-order chi connectivity index (χ1) is 9.99. The second-order valence-corrected chi connectivity index (χ2v) is 5.49. The molecular weight excluding hydrogens is 270 g/mol. The van der Waals surface area contributed by atoms with E-state index in [0.29, 0.717) is 18.5 Å². The number of nitrogens with zero attached hydrogens (tertiary/aromatic N) is 1. The third kappa shape index (κ3) is 3.65. The molecule has 2 rings (SSSR count). The van der Waals surface area contributed by atoms with Crippen LogP contribution in [0, 0.1) is 5.92 Å². The molecule has 0 heterocycles. The van der Waals surface area contributed by atoms with Gasteiger partial charge in [0.25, 0.3) is 0 Å². The highest BCUT2D eigenvalue weighted by molar-refractivity contribution is 5.93. The monoisotopic (exact) mass is 291 g/mol. The zero-order valence-electron chi connectivity index (χ0n) is 12.3. The molecule has 1 aliphatic rings. The molecule has 0 radical (unpaired) electrons. The summed E-state index contributed by atoms with van der Waals surface area (Å²) in [5.74, 6) is -1.33. The molecule has 3 N–H and O–H groups in total. The summed E-state index contributed by atoms with van der Waals surface area (Å²) in [4.78, 5) is 25.1. The number of hydrogen-bond donors (Lipinski definition) is 3. The zero-order valence-corrected chi connectivity index (χ0v) is 12.3. The molecule has 0 saturated heterocycles. The normalized spacial score (nSPS) is 20.9. The maximum atomic E-state index is 12.1. The number of hydrogen-bond acceptors (Lipinski definition) is 3. The fourth-order valence-corrected chi connectivity index (χ4v) is 2.72. The van der Waals surface area contributed by atoms with E-state index >= 15 is 0 Å². The molecule has 114 valence electrons. The average Bonchev–Trinajstić information content (AvgIpc) is 2.87. The molecular formula is C15H21N3O3. The van der Waals surface area contributed by atoms with Crippen LogP contribution in [0.25, 0.3) is 0 Å². The molecule has 1 aliphatic carbocycles. The SMILES string of the molecule is CN(C)c1ccccc1NC(=O)NC1CCCC1C(=O)O. The minimum absolute atomic E-state index is 0.297. The van der Waals surface area contributed by atoms with E-state index in [1.165, 1.54) is 0 Å². The van der Waals surface area contributed by atoms with Crippen LogP contribution < -0.4 is 15.5 Å². The summed E-state index contributed by atoms with van der Waals surface area (Å²) in [7, 11) is 3.80. The maximum absolute atomic E-state index is 12.1. The highest BCUT2D eigenvalue weighted by Crippen LogP contribution is 2.27. The Bertz CT molecular complexity index is 531. The van der Waals surface area contributed by atoms with Crippen LogP contribution in [0.4, 0.5) is 16.2 Å². The van der Waals surface area contributed by atoms with Gasteiger partial charge in [0.1, 0.15) is 0 Å². The van der Waals surface area contributed by atoms with Gasteiger partial charge in [0, 0.05) is 20.1 Å². The summed E-state index contributed by atoms with van der Waals surface area (Å²) >= 11 is 0. The summed E-state index contributed by atoms with van der Waals surface area (Å²) in [6.07, 6.45) is 2.16. The lowest BCUT2D eigenvalue weighted by atomic mass is 10.0. The van der Waals surface area contributed by atoms with E-state index in [4.69, 9.17) is 5.11 Å². The molecule has 2 unspecified atom stereocenters. The van der Waals surface area contributed by atoms with Crippen molar-refractivity contribution in [2.24, 2.45) is 5.92 Å². The Hall–Kier alpha value is -2.24. The summed E-state index contributed by atoms with van der Waals surface area (Å²) in [6.45, 7) is 0. The van der Waals surface area contributed by atoms with Crippen LogP contribution in [0.5, 0.6) is 0 Å². The van der Waals surface area contributed by atoms with E-state index in [1.54, 1.807) is 0 Å². The van der Waals surface area contributed by atoms with Gasteiger partial charge >= 0.3 is 12.0 Å². The van der Waals surface area contributed by atoms with Gasteiger partial charge in [0.05, 0.1) is 17.3 Å². The van der Waals surface area contributed by atoms with Gasteiger partial charge in [-0.15, -0.1) is 0 Å². The van der Waals surface area contributed by atoms with Crippen molar-refractivity contribution in [3.05, 3.63) is 24.3 Å². The molecule has 0 aliphatic heterocycles. The minimum atomic E-state index is -0.841.